The lowest BCUT2D eigenvalue weighted by Gasteiger charge is -2.23. The van der Waals surface area contributed by atoms with Crippen LogP contribution in [-0.2, 0) is 13.0 Å². The number of alkyl halides is 7. The number of nitrogens with zero attached hydrogens (tertiary/aromatic N) is 5. The molecule has 0 fully saturated rings. The standard InChI is InChI=1S/C11H9BrF7N5/c1-22(9(13)14)6-7(10(15,16)11(17,18)19)21-23(2)8(6)24-4-5(12)3-20-24/h3-4,9H,1-2H3. The average molecular weight is 424 g/mol. The van der Waals surface area contributed by atoms with Gasteiger partial charge in [-0.05, 0) is 15.9 Å². The van der Waals surface area contributed by atoms with Crippen LogP contribution in [0.5, 0.6) is 0 Å². The van der Waals surface area contributed by atoms with E-state index in [2.05, 4.69) is 26.1 Å². The molecule has 2 rings (SSSR count). The number of halogens is 8. The predicted molar refractivity (Wildman–Crippen MR) is 72.4 cm³/mol. The summed E-state index contributed by atoms with van der Waals surface area (Å²) in [6, 6.07) is 0. The summed E-state index contributed by atoms with van der Waals surface area (Å²) >= 11 is 3.02. The van der Waals surface area contributed by atoms with Crippen LogP contribution in [0.4, 0.5) is 36.4 Å². The first-order valence-corrected chi connectivity index (χ1v) is 6.90. The zero-order chi connectivity index (χ0) is 18.4. The van der Waals surface area contributed by atoms with E-state index in [9.17, 15) is 30.7 Å². The lowest BCUT2D eigenvalue weighted by atomic mass is 10.2. The van der Waals surface area contributed by atoms with Gasteiger partial charge >= 0.3 is 18.6 Å². The predicted octanol–water partition coefficient (Wildman–Crippen LogP) is 3.68. The van der Waals surface area contributed by atoms with Crippen LogP contribution in [0.3, 0.4) is 0 Å². The Morgan fingerprint density at radius 1 is 1.21 bits per heavy atom. The third kappa shape index (κ3) is 2.96. The van der Waals surface area contributed by atoms with Gasteiger partial charge in [0, 0.05) is 20.3 Å². The molecule has 0 saturated carbocycles. The van der Waals surface area contributed by atoms with Gasteiger partial charge in [-0.2, -0.15) is 40.9 Å². The normalized spacial score (nSPS) is 13.0. The second-order valence-electron chi connectivity index (χ2n) is 4.71. The van der Waals surface area contributed by atoms with Gasteiger partial charge in [-0.3, -0.25) is 0 Å². The van der Waals surface area contributed by atoms with Crippen molar-refractivity contribution in [1.29, 1.82) is 0 Å². The third-order valence-electron chi connectivity index (χ3n) is 3.06. The van der Waals surface area contributed by atoms with Crippen LogP contribution in [-0.4, -0.2) is 39.3 Å². The maximum absolute atomic E-state index is 13.8. The Labute approximate surface area is 138 Å². The van der Waals surface area contributed by atoms with E-state index in [1.165, 1.54) is 12.4 Å². The molecule has 0 N–H and O–H groups in total. The Balaban J connectivity index is 2.78. The van der Waals surface area contributed by atoms with Crippen LogP contribution in [0.25, 0.3) is 5.82 Å². The molecule has 0 spiro atoms. The lowest BCUT2D eigenvalue weighted by molar-refractivity contribution is -0.290. The summed E-state index contributed by atoms with van der Waals surface area (Å²) in [6.45, 7) is -3.34. The molecule has 134 valence electrons. The van der Waals surface area contributed by atoms with Gasteiger partial charge in [-0.1, -0.05) is 0 Å². The zero-order valence-electron chi connectivity index (χ0n) is 12.0. The largest absolute Gasteiger partial charge is 0.459 e. The molecular weight excluding hydrogens is 415 g/mol. The molecule has 24 heavy (non-hydrogen) atoms. The highest BCUT2D eigenvalue weighted by atomic mass is 79.9. The Morgan fingerprint density at radius 3 is 2.21 bits per heavy atom. The topological polar surface area (TPSA) is 38.9 Å². The molecule has 2 aromatic rings. The highest BCUT2D eigenvalue weighted by molar-refractivity contribution is 9.10. The highest BCUT2D eigenvalue weighted by Crippen LogP contribution is 2.48. The Morgan fingerprint density at radius 2 is 1.79 bits per heavy atom. The highest BCUT2D eigenvalue weighted by Gasteiger charge is 2.62. The fraction of sp³-hybridized carbons (Fsp3) is 0.455. The maximum Gasteiger partial charge on any atom is 0.459 e. The van der Waals surface area contributed by atoms with Crippen LogP contribution in [0, 0.1) is 0 Å². The van der Waals surface area contributed by atoms with E-state index < -0.39 is 35.8 Å². The quantitative estimate of drug-likeness (QED) is 0.556. The first-order valence-electron chi connectivity index (χ1n) is 6.11. The summed E-state index contributed by atoms with van der Waals surface area (Å²) in [5.74, 6) is -5.89. The maximum atomic E-state index is 13.8. The number of hydrogen-bond donors (Lipinski definition) is 0. The molecule has 13 heteroatoms. The van der Waals surface area contributed by atoms with E-state index in [1.807, 2.05) is 0 Å². The van der Waals surface area contributed by atoms with Gasteiger partial charge in [0.1, 0.15) is 5.69 Å². The SMILES string of the molecule is CN(c1c(C(F)(F)C(F)(F)F)nn(C)c1-n1cc(Br)cn1)C(F)F. The van der Waals surface area contributed by atoms with E-state index in [1.54, 1.807) is 0 Å². The molecule has 0 aliphatic rings. The van der Waals surface area contributed by atoms with Crippen molar-refractivity contribution in [3.05, 3.63) is 22.6 Å². The Kier molecular flexibility index (Phi) is 4.59. The summed E-state index contributed by atoms with van der Waals surface area (Å²) in [4.78, 5) is -0.0209. The lowest BCUT2D eigenvalue weighted by Crippen LogP contribution is -2.36. The Hall–Kier alpha value is -1.79. The van der Waals surface area contributed by atoms with Gasteiger partial charge in [0.05, 0.1) is 10.7 Å². The molecule has 0 unspecified atom stereocenters. The number of aryl methyl sites for hydroxylation is 1. The molecule has 2 aromatic heterocycles. The minimum atomic E-state index is -6.00. The number of anilines is 1. The molecule has 0 bridgehead atoms. The number of rotatable bonds is 4. The smallest absolute Gasteiger partial charge is 0.314 e. The minimum absolute atomic E-state index is 0.0209. The Bertz CT molecular complexity index is 736. The van der Waals surface area contributed by atoms with E-state index >= 15 is 0 Å². The van der Waals surface area contributed by atoms with Crippen LogP contribution in [0.15, 0.2) is 16.9 Å². The van der Waals surface area contributed by atoms with Gasteiger partial charge < -0.3 is 4.90 Å². The first kappa shape index (κ1) is 18.5. The molecule has 0 atom stereocenters. The van der Waals surface area contributed by atoms with Crippen molar-refractivity contribution in [1.82, 2.24) is 19.6 Å². The number of hydrogen-bond acceptors (Lipinski definition) is 3. The first-order chi connectivity index (χ1) is 10.9. The van der Waals surface area contributed by atoms with E-state index in [4.69, 9.17) is 0 Å². The summed E-state index contributed by atoms with van der Waals surface area (Å²) in [5, 5.41) is 6.85. The second-order valence-corrected chi connectivity index (χ2v) is 5.62. The fourth-order valence-electron chi connectivity index (χ4n) is 1.95. The monoisotopic (exact) mass is 423 g/mol. The molecule has 0 amide bonds. The van der Waals surface area contributed by atoms with Gasteiger partial charge in [0.15, 0.2) is 11.5 Å². The van der Waals surface area contributed by atoms with Crippen molar-refractivity contribution in [2.24, 2.45) is 7.05 Å². The van der Waals surface area contributed by atoms with Gasteiger partial charge in [0.2, 0.25) is 0 Å². The summed E-state index contributed by atoms with van der Waals surface area (Å²) in [6.07, 6.45) is -3.59. The van der Waals surface area contributed by atoms with E-state index in [0.29, 0.717) is 16.2 Å². The molecule has 0 aliphatic carbocycles. The molecule has 5 nitrogen and oxygen atoms in total. The van der Waals surface area contributed by atoms with Crippen molar-refractivity contribution in [3.8, 4) is 5.82 Å². The molecule has 0 radical (unpaired) electrons. The van der Waals surface area contributed by atoms with Crippen LogP contribution in [0.1, 0.15) is 5.69 Å². The third-order valence-corrected chi connectivity index (χ3v) is 3.47. The average Bonchev–Trinajstić information content (AvgIpc) is 3.00. The molecule has 0 aliphatic heterocycles. The second kappa shape index (κ2) is 5.93. The van der Waals surface area contributed by atoms with Crippen molar-refractivity contribution < 1.29 is 30.7 Å². The van der Waals surface area contributed by atoms with Gasteiger partial charge in [0.25, 0.3) is 0 Å². The summed E-state index contributed by atoms with van der Waals surface area (Å²) < 4.78 is 93.4. The van der Waals surface area contributed by atoms with Crippen molar-refractivity contribution >= 4 is 21.6 Å². The van der Waals surface area contributed by atoms with E-state index in [-0.39, 0.29) is 4.90 Å². The molecule has 0 aromatic carbocycles. The minimum Gasteiger partial charge on any atom is -0.314 e. The van der Waals surface area contributed by atoms with Gasteiger partial charge in [-0.25, -0.2) is 9.36 Å². The van der Waals surface area contributed by atoms with Crippen LogP contribution >= 0.6 is 15.9 Å². The summed E-state index contributed by atoms with van der Waals surface area (Å²) in [5.41, 5.74) is -2.91. The molecular formula is C11H9BrF7N5. The fourth-order valence-corrected chi connectivity index (χ4v) is 2.23. The zero-order valence-corrected chi connectivity index (χ0v) is 13.6. The summed E-state index contributed by atoms with van der Waals surface area (Å²) in [7, 11) is 1.73. The van der Waals surface area contributed by atoms with Crippen molar-refractivity contribution in [3.63, 3.8) is 0 Å². The molecule has 2 heterocycles. The van der Waals surface area contributed by atoms with Crippen LogP contribution < -0.4 is 4.90 Å². The van der Waals surface area contributed by atoms with E-state index in [0.717, 1.165) is 11.7 Å². The molecule has 0 saturated heterocycles. The van der Waals surface area contributed by atoms with Crippen molar-refractivity contribution in [2.45, 2.75) is 18.6 Å². The van der Waals surface area contributed by atoms with Gasteiger partial charge in [-0.15, -0.1) is 0 Å². The van der Waals surface area contributed by atoms with Crippen molar-refractivity contribution in [2.75, 3.05) is 11.9 Å². The van der Waals surface area contributed by atoms with Crippen LogP contribution in [0.2, 0.25) is 0 Å². The number of aromatic nitrogens is 4.